The van der Waals surface area contributed by atoms with Gasteiger partial charge >= 0.3 is 5.97 Å². The molecular formula is C28H30Cl3N9O13S4. The second-order valence-electron chi connectivity index (χ2n) is 11.6. The minimum atomic E-state index is -5.09. The van der Waals surface area contributed by atoms with Gasteiger partial charge in [0.1, 0.15) is 15.5 Å². The lowest BCUT2D eigenvalue weighted by atomic mass is 10.1. The zero-order chi connectivity index (χ0) is 42.5. The summed E-state index contributed by atoms with van der Waals surface area (Å²) in [5, 5.41) is 23.5. The number of halogens is 3. The number of hydrogen-bond donors (Lipinski definition) is 4. The van der Waals surface area contributed by atoms with Crippen molar-refractivity contribution in [2.75, 3.05) is 63.1 Å². The molecule has 0 bridgehead atoms. The van der Waals surface area contributed by atoms with Gasteiger partial charge in [-0.05, 0) is 48.4 Å². The highest BCUT2D eigenvalue weighted by atomic mass is 35.5. The predicted octanol–water partition coefficient (Wildman–Crippen LogP) is 2.12. The number of hydrogen-bond acceptors (Lipinski definition) is 18. The zero-order valence-electron chi connectivity index (χ0n) is 29.0. The molecule has 1 unspecified atom stereocenters. The second-order valence-corrected chi connectivity index (χ2v) is 20.1. The number of azo groups is 1. The molecule has 29 heteroatoms. The van der Waals surface area contributed by atoms with E-state index in [2.05, 4.69) is 35.6 Å². The Morgan fingerprint density at radius 2 is 1.46 bits per heavy atom. The van der Waals surface area contributed by atoms with E-state index in [-0.39, 0.29) is 53.6 Å². The maximum atomic E-state index is 13.7. The standard InChI is InChI=1S/C28H30Cl3N9O13S4/c1-16-19(40-24(41)22(23(38-40)25(42)43)37-36-18-4-2-3-5-20(18)56(48,49)50)14-17(15-21(16)57(51,52)53)32-27-33-26(31)34-28(35-27)39(8-12-54(44,45)10-6-29)9-13-55(46,47)11-7-30/h2-5,14-15,22H,6-13H2,1H3,(H,42,43)(H,48,49,50)(H,51,52,53)(H,32,33,34,35). The number of carboxylic acids is 1. The van der Waals surface area contributed by atoms with Crippen molar-refractivity contribution < 1.29 is 57.5 Å². The van der Waals surface area contributed by atoms with Crippen molar-refractivity contribution in [2.24, 2.45) is 15.3 Å². The van der Waals surface area contributed by atoms with Gasteiger partial charge < -0.3 is 15.3 Å². The number of alkyl halides is 2. The normalized spacial score (nSPS) is 15.3. The summed E-state index contributed by atoms with van der Waals surface area (Å²) >= 11 is 17.4. The molecule has 22 nitrogen and oxygen atoms in total. The number of hydrazone groups is 1. The maximum absolute atomic E-state index is 13.7. The molecule has 2 aromatic carbocycles. The van der Waals surface area contributed by atoms with Gasteiger partial charge in [-0.15, -0.1) is 23.2 Å². The average molecular weight is 935 g/mol. The van der Waals surface area contributed by atoms with Crippen LogP contribution >= 0.6 is 34.8 Å². The molecular weight excluding hydrogens is 905 g/mol. The van der Waals surface area contributed by atoms with E-state index in [9.17, 15) is 57.5 Å². The van der Waals surface area contributed by atoms with Crippen LogP contribution in [0.5, 0.6) is 0 Å². The molecule has 2 heterocycles. The Hall–Kier alpha value is -4.15. The number of carbonyl (C=O) groups is 2. The highest BCUT2D eigenvalue weighted by Gasteiger charge is 2.42. The van der Waals surface area contributed by atoms with Gasteiger partial charge in [0.15, 0.2) is 25.4 Å². The molecule has 1 aliphatic heterocycles. The molecule has 0 saturated carbocycles. The van der Waals surface area contributed by atoms with E-state index in [0.717, 1.165) is 31.2 Å². The summed E-state index contributed by atoms with van der Waals surface area (Å²) in [6.45, 7) is 0.477. The van der Waals surface area contributed by atoms with Gasteiger partial charge in [0.2, 0.25) is 23.2 Å². The molecule has 4 N–H and O–H groups in total. The highest BCUT2D eigenvalue weighted by Crippen LogP contribution is 2.35. The summed E-state index contributed by atoms with van der Waals surface area (Å²) in [7, 11) is -17.4. The maximum Gasteiger partial charge on any atom is 0.355 e. The summed E-state index contributed by atoms with van der Waals surface area (Å²) in [4.78, 5) is 37.6. The van der Waals surface area contributed by atoms with Gasteiger partial charge in [0.25, 0.3) is 26.1 Å². The van der Waals surface area contributed by atoms with E-state index in [1.807, 2.05) is 0 Å². The van der Waals surface area contributed by atoms with Crippen LogP contribution in [0.2, 0.25) is 5.28 Å². The minimum Gasteiger partial charge on any atom is -0.477 e. The first-order valence-electron chi connectivity index (χ1n) is 15.7. The van der Waals surface area contributed by atoms with Crippen LogP contribution in [0.4, 0.5) is 29.0 Å². The number of sulfone groups is 2. The quantitative estimate of drug-likeness (QED) is 0.0760. The van der Waals surface area contributed by atoms with Crippen molar-refractivity contribution in [3.05, 3.63) is 47.2 Å². The van der Waals surface area contributed by atoms with Crippen LogP contribution in [-0.2, 0) is 49.5 Å². The van der Waals surface area contributed by atoms with E-state index >= 15 is 0 Å². The highest BCUT2D eigenvalue weighted by molar-refractivity contribution is 7.91. The van der Waals surface area contributed by atoms with E-state index < -0.39 is 107 Å². The minimum absolute atomic E-state index is 0.204. The van der Waals surface area contributed by atoms with Crippen molar-refractivity contribution in [2.45, 2.75) is 22.8 Å². The smallest absolute Gasteiger partial charge is 0.355 e. The summed E-state index contributed by atoms with van der Waals surface area (Å²) < 4.78 is 118. The van der Waals surface area contributed by atoms with Gasteiger partial charge in [-0.2, -0.15) is 52.1 Å². The topological polar surface area (TPSA) is 326 Å². The van der Waals surface area contributed by atoms with Crippen LogP contribution in [0.3, 0.4) is 0 Å². The van der Waals surface area contributed by atoms with Gasteiger partial charge in [-0.1, -0.05) is 12.1 Å². The third kappa shape index (κ3) is 11.9. The fraction of sp³-hybridized carbons (Fsp3) is 0.357. The van der Waals surface area contributed by atoms with Gasteiger partial charge in [0, 0.05) is 30.5 Å². The Morgan fingerprint density at radius 1 is 0.877 bits per heavy atom. The Labute approximate surface area is 340 Å². The molecule has 0 radical (unpaired) electrons. The van der Waals surface area contributed by atoms with Crippen LogP contribution in [0, 0.1) is 6.92 Å². The van der Waals surface area contributed by atoms with E-state index in [4.69, 9.17) is 34.8 Å². The van der Waals surface area contributed by atoms with Crippen LogP contribution < -0.4 is 15.2 Å². The number of aromatic nitrogens is 3. The molecule has 310 valence electrons. The Bertz CT molecular complexity index is 2540. The SMILES string of the molecule is Cc1c(N2N=C(C(=O)O)C(N=Nc3ccccc3S(=O)(=O)O)C2=O)cc(Nc2nc(Cl)nc(N(CCS(=O)(=O)CCCl)CCS(=O)(=O)CCCl)n2)cc1S(=O)(=O)O. The first-order chi connectivity index (χ1) is 26.5. The van der Waals surface area contributed by atoms with Crippen molar-refractivity contribution >= 4 is 121 Å². The van der Waals surface area contributed by atoms with Crippen molar-refractivity contribution in [3.8, 4) is 0 Å². The molecule has 1 atom stereocenters. The number of nitrogens with one attached hydrogen (secondary N) is 1. The molecule has 0 saturated heterocycles. The van der Waals surface area contributed by atoms with Crippen molar-refractivity contribution in [3.63, 3.8) is 0 Å². The molecule has 1 aromatic heterocycles. The Morgan fingerprint density at radius 3 is 2.00 bits per heavy atom. The number of benzene rings is 2. The van der Waals surface area contributed by atoms with Gasteiger partial charge in [0.05, 0.1) is 28.7 Å². The summed E-state index contributed by atoms with van der Waals surface area (Å²) in [6, 6.07) is 4.57. The Kier molecular flexibility index (Phi) is 14.5. The number of carbonyl (C=O) groups excluding carboxylic acids is 1. The lowest BCUT2D eigenvalue weighted by Gasteiger charge is -2.23. The molecule has 1 aliphatic rings. The molecule has 57 heavy (non-hydrogen) atoms. The first-order valence-corrected chi connectivity index (χ1v) is 23.6. The summed E-state index contributed by atoms with van der Waals surface area (Å²) in [6.07, 6.45) is 0. The number of carboxylic acid groups (broad SMARTS) is 1. The lowest BCUT2D eigenvalue weighted by Crippen LogP contribution is -2.36. The van der Waals surface area contributed by atoms with Crippen LogP contribution in [0.15, 0.2) is 61.5 Å². The van der Waals surface area contributed by atoms with E-state index in [1.165, 1.54) is 17.0 Å². The third-order valence-electron chi connectivity index (χ3n) is 7.65. The molecule has 3 aromatic rings. The van der Waals surface area contributed by atoms with Crippen LogP contribution in [0.1, 0.15) is 5.56 Å². The average Bonchev–Trinajstić information content (AvgIpc) is 3.42. The fourth-order valence-corrected chi connectivity index (χ4v) is 9.74. The second kappa shape index (κ2) is 18.2. The van der Waals surface area contributed by atoms with Crippen molar-refractivity contribution in [1.29, 1.82) is 0 Å². The summed E-state index contributed by atoms with van der Waals surface area (Å²) in [5.74, 6) is -5.94. The Balaban J connectivity index is 1.77. The molecule has 0 fully saturated rings. The van der Waals surface area contributed by atoms with E-state index in [0.29, 0.717) is 5.01 Å². The van der Waals surface area contributed by atoms with Gasteiger partial charge in [-0.25, -0.2) is 21.6 Å². The van der Waals surface area contributed by atoms with Crippen LogP contribution in [-0.4, -0.2) is 134 Å². The third-order valence-corrected chi connectivity index (χ3v) is 13.8. The first kappa shape index (κ1) is 45.6. The lowest BCUT2D eigenvalue weighted by molar-refractivity contribution is -0.130. The monoisotopic (exact) mass is 933 g/mol. The predicted molar refractivity (Wildman–Crippen MR) is 207 cm³/mol. The molecule has 0 aliphatic carbocycles. The molecule has 1 amide bonds. The number of nitrogens with zero attached hydrogens (tertiary/aromatic N) is 8. The molecule has 4 rings (SSSR count). The number of amides is 1. The van der Waals surface area contributed by atoms with Crippen LogP contribution in [0.25, 0.3) is 0 Å². The fourth-order valence-electron chi connectivity index (χ4n) is 4.91. The van der Waals surface area contributed by atoms with Gasteiger partial charge in [-0.3, -0.25) is 13.9 Å². The largest absolute Gasteiger partial charge is 0.477 e. The number of aliphatic carboxylic acids is 1. The number of rotatable bonds is 19. The van der Waals surface area contributed by atoms with Crippen molar-refractivity contribution in [1.82, 2.24) is 15.0 Å². The zero-order valence-corrected chi connectivity index (χ0v) is 34.5. The molecule has 0 spiro atoms. The number of anilines is 4. The summed E-state index contributed by atoms with van der Waals surface area (Å²) in [5.41, 5.74) is -2.44. The van der Waals surface area contributed by atoms with E-state index in [1.54, 1.807) is 0 Å².